The zero-order valence-corrected chi connectivity index (χ0v) is 16.4. The van der Waals surface area contributed by atoms with E-state index in [1.807, 2.05) is 43.3 Å². The molecule has 1 heterocycles. The number of amides is 1. The standard InChI is InChI=1S/C23H29FN2O2/c1-2-26(16-18-7-6-10-21(24)15-18)22(27)17-25-13-11-20(12-14-25)23(28)19-8-4-3-5-9-19/h3-10,15,20,23,28H,2,11-14,16-17H2,1H3. The molecule has 2 aromatic rings. The Morgan fingerprint density at radius 2 is 1.89 bits per heavy atom. The third kappa shape index (κ3) is 5.40. The molecule has 5 heteroatoms. The van der Waals surface area contributed by atoms with Crippen molar-refractivity contribution in [2.24, 2.45) is 5.92 Å². The van der Waals surface area contributed by atoms with Crippen LogP contribution in [0.4, 0.5) is 4.39 Å². The lowest BCUT2D eigenvalue weighted by Crippen LogP contribution is -2.43. The summed E-state index contributed by atoms with van der Waals surface area (Å²) in [6.07, 6.45) is 1.30. The van der Waals surface area contributed by atoms with Crippen LogP contribution in [0.1, 0.15) is 37.0 Å². The molecule has 0 bridgehead atoms. The van der Waals surface area contributed by atoms with Gasteiger partial charge in [-0.2, -0.15) is 0 Å². The van der Waals surface area contributed by atoms with Gasteiger partial charge in [-0.05, 0) is 62.0 Å². The van der Waals surface area contributed by atoms with Gasteiger partial charge in [-0.15, -0.1) is 0 Å². The number of rotatable bonds is 7. The second-order valence-corrected chi connectivity index (χ2v) is 7.51. The van der Waals surface area contributed by atoms with E-state index >= 15 is 0 Å². The van der Waals surface area contributed by atoms with Crippen LogP contribution in [0.2, 0.25) is 0 Å². The van der Waals surface area contributed by atoms with Crippen molar-refractivity contribution in [3.05, 3.63) is 71.5 Å². The molecule has 1 atom stereocenters. The number of benzene rings is 2. The Bertz CT molecular complexity index is 760. The fourth-order valence-electron chi connectivity index (χ4n) is 3.87. The number of likely N-dealkylation sites (tertiary alicyclic amines) is 1. The van der Waals surface area contributed by atoms with Gasteiger partial charge in [0.25, 0.3) is 0 Å². The summed E-state index contributed by atoms with van der Waals surface area (Å²) in [4.78, 5) is 16.6. The molecule has 0 aliphatic carbocycles. The van der Waals surface area contributed by atoms with E-state index in [1.54, 1.807) is 11.0 Å². The van der Waals surface area contributed by atoms with Gasteiger partial charge in [0.2, 0.25) is 5.91 Å². The van der Waals surface area contributed by atoms with E-state index in [0.29, 0.717) is 19.6 Å². The summed E-state index contributed by atoms with van der Waals surface area (Å²) in [7, 11) is 0. The predicted octanol–water partition coefficient (Wildman–Crippen LogP) is 3.62. The number of piperidine rings is 1. The third-order valence-electron chi connectivity index (χ3n) is 5.58. The van der Waals surface area contributed by atoms with Gasteiger partial charge in [-0.1, -0.05) is 42.5 Å². The van der Waals surface area contributed by atoms with Crippen molar-refractivity contribution < 1.29 is 14.3 Å². The molecule has 150 valence electrons. The van der Waals surface area contributed by atoms with E-state index in [-0.39, 0.29) is 17.6 Å². The first-order valence-electron chi connectivity index (χ1n) is 10.0. The molecule has 1 saturated heterocycles. The Morgan fingerprint density at radius 3 is 2.54 bits per heavy atom. The summed E-state index contributed by atoms with van der Waals surface area (Å²) in [6.45, 7) is 4.95. The highest BCUT2D eigenvalue weighted by Gasteiger charge is 2.27. The van der Waals surface area contributed by atoms with Crippen molar-refractivity contribution in [1.82, 2.24) is 9.80 Å². The summed E-state index contributed by atoms with van der Waals surface area (Å²) in [5.74, 6) is 0.0113. The van der Waals surface area contributed by atoms with Crippen LogP contribution >= 0.6 is 0 Å². The maximum atomic E-state index is 13.4. The molecule has 28 heavy (non-hydrogen) atoms. The van der Waals surface area contributed by atoms with Gasteiger partial charge in [0, 0.05) is 13.1 Å². The molecule has 4 nitrogen and oxygen atoms in total. The highest BCUT2D eigenvalue weighted by Crippen LogP contribution is 2.30. The lowest BCUT2D eigenvalue weighted by Gasteiger charge is -2.35. The fraction of sp³-hybridized carbons (Fsp3) is 0.435. The first-order chi connectivity index (χ1) is 13.6. The molecule has 0 aromatic heterocycles. The number of carbonyl (C=O) groups is 1. The number of carbonyl (C=O) groups excluding carboxylic acids is 1. The lowest BCUT2D eigenvalue weighted by atomic mass is 9.87. The highest BCUT2D eigenvalue weighted by atomic mass is 19.1. The molecule has 0 radical (unpaired) electrons. The number of hydrogen-bond acceptors (Lipinski definition) is 3. The molecule has 1 N–H and O–H groups in total. The average molecular weight is 384 g/mol. The van der Waals surface area contributed by atoms with Gasteiger partial charge in [0.1, 0.15) is 5.82 Å². The Hall–Kier alpha value is -2.24. The number of likely N-dealkylation sites (N-methyl/N-ethyl adjacent to an activating group) is 1. The molecule has 1 fully saturated rings. The topological polar surface area (TPSA) is 43.8 Å². The quantitative estimate of drug-likeness (QED) is 0.793. The Balaban J connectivity index is 1.49. The minimum absolute atomic E-state index is 0.0637. The largest absolute Gasteiger partial charge is 0.388 e. The summed E-state index contributed by atoms with van der Waals surface area (Å²) >= 11 is 0. The fourth-order valence-corrected chi connectivity index (χ4v) is 3.87. The Labute approximate surface area is 166 Å². The lowest BCUT2D eigenvalue weighted by molar-refractivity contribution is -0.133. The number of nitrogens with zero attached hydrogens (tertiary/aromatic N) is 2. The second kappa shape index (κ2) is 9.80. The van der Waals surface area contributed by atoms with Crippen LogP contribution in [0.5, 0.6) is 0 Å². The summed E-state index contributed by atoms with van der Waals surface area (Å²) < 4.78 is 13.4. The van der Waals surface area contributed by atoms with Crippen LogP contribution in [0.3, 0.4) is 0 Å². The monoisotopic (exact) mass is 384 g/mol. The van der Waals surface area contributed by atoms with Crippen molar-refractivity contribution in [2.45, 2.75) is 32.4 Å². The van der Waals surface area contributed by atoms with Gasteiger partial charge in [0.15, 0.2) is 0 Å². The minimum atomic E-state index is -0.445. The summed E-state index contributed by atoms with van der Waals surface area (Å²) in [5.41, 5.74) is 1.77. The van der Waals surface area contributed by atoms with E-state index < -0.39 is 6.10 Å². The number of halogens is 1. The Morgan fingerprint density at radius 1 is 1.18 bits per heavy atom. The zero-order valence-electron chi connectivity index (χ0n) is 16.4. The van der Waals surface area contributed by atoms with Crippen molar-refractivity contribution in [1.29, 1.82) is 0 Å². The number of hydrogen-bond donors (Lipinski definition) is 1. The molecule has 1 aliphatic rings. The van der Waals surface area contributed by atoms with E-state index in [0.717, 1.165) is 37.1 Å². The molecule has 3 rings (SSSR count). The predicted molar refractivity (Wildman–Crippen MR) is 108 cm³/mol. The van der Waals surface area contributed by atoms with Crippen LogP contribution in [-0.4, -0.2) is 47.0 Å². The maximum Gasteiger partial charge on any atom is 0.237 e. The van der Waals surface area contributed by atoms with Crippen LogP contribution in [0, 0.1) is 11.7 Å². The molecule has 1 unspecified atom stereocenters. The first-order valence-corrected chi connectivity index (χ1v) is 10.0. The summed E-state index contributed by atoms with van der Waals surface area (Å²) in [6, 6.07) is 16.2. The molecule has 0 saturated carbocycles. The van der Waals surface area contributed by atoms with E-state index in [4.69, 9.17) is 0 Å². The number of aliphatic hydroxyl groups excluding tert-OH is 1. The van der Waals surface area contributed by atoms with Crippen molar-refractivity contribution in [3.63, 3.8) is 0 Å². The van der Waals surface area contributed by atoms with Gasteiger partial charge >= 0.3 is 0 Å². The number of aliphatic hydroxyl groups is 1. The molecular formula is C23H29FN2O2. The molecule has 0 spiro atoms. The average Bonchev–Trinajstić information content (AvgIpc) is 2.72. The van der Waals surface area contributed by atoms with E-state index in [1.165, 1.54) is 12.1 Å². The molecular weight excluding hydrogens is 355 g/mol. The molecule has 2 aromatic carbocycles. The first kappa shape index (κ1) is 20.5. The third-order valence-corrected chi connectivity index (χ3v) is 5.58. The molecule has 1 aliphatic heterocycles. The zero-order chi connectivity index (χ0) is 19.9. The minimum Gasteiger partial charge on any atom is -0.388 e. The second-order valence-electron chi connectivity index (χ2n) is 7.51. The van der Waals surface area contributed by atoms with Crippen LogP contribution in [0.15, 0.2) is 54.6 Å². The van der Waals surface area contributed by atoms with Crippen LogP contribution in [-0.2, 0) is 11.3 Å². The van der Waals surface area contributed by atoms with Crippen molar-refractivity contribution >= 4 is 5.91 Å². The maximum absolute atomic E-state index is 13.4. The van der Waals surface area contributed by atoms with Gasteiger partial charge < -0.3 is 10.0 Å². The Kier molecular flexibility index (Phi) is 7.18. The smallest absolute Gasteiger partial charge is 0.237 e. The normalized spacial score (nSPS) is 16.7. The van der Waals surface area contributed by atoms with Crippen molar-refractivity contribution in [2.75, 3.05) is 26.2 Å². The van der Waals surface area contributed by atoms with Crippen LogP contribution in [0.25, 0.3) is 0 Å². The summed E-state index contributed by atoms with van der Waals surface area (Å²) in [5, 5.41) is 10.6. The van der Waals surface area contributed by atoms with Crippen LogP contribution < -0.4 is 0 Å². The van der Waals surface area contributed by atoms with E-state index in [2.05, 4.69) is 4.90 Å². The van der Waals surface area contributed by atoms with Gasteiger partial charge in [0.05, 0.1) is 12.6 Å². The molecule has 1 amide bonds. The van der Waals surface area contributed by atoms with Gasteiger partial charge in [-0.3, -0.25) is 9.69 Å². The van der Waals surface area contributed by atoms with Gasteiger partial charge in [-0.25, -0.2) is 4.39 Å². The van der Waals surface area contributed by atoms with E-state index in [9.17, 15) is 14.3 Å². The highest BCUT2D eigenvalue weighted by molar-refractivity contribution is 5.78. The van der Waals surface area contributed by atoms with Crippen molar-refractivity contribution in [3.8, 4) is 0 Å². The SMILES string of the molecule is CCN(Cc1cccc(F)c1)C(=O)CN1CCC(C(O)c2ccccc2)CC1.